The molecule has 0 spiro atoms. The Morgan fingerprint density at radius 1 is 0.929 bits per heavy atom. The number of anilines is 2. The minimum absolute atomic E-state index is 0.0879. The summed E-state index contributed by atoms with van der Waals surface area (Å²) in [5, 5.41) is 10.7. The van der Waals surface area contributed by atoms with Gasteiger partial charge >= 0.3 is 6.03 Å². The SMILES string of the molecule is CC(C)C(NC(=O)Nc1ccccc1)C(=O)Nc1nc(-c2ccccc2)cs1. The molecule has 1 unspecified atom stereocenters. The highest BCUT2D eigenvalue weighted by Crippen LogP contribution is 2.24. The van der Waals surface area contributed by atoms with Crippen LogP contribution in [0.5, 0.6) is 0 Å². The van der Waals surface area contributed by atoms with E-state index < -0.39 is 12.1 Å². The normalized spacial score (nSPS) is 11.7. The molecule has 6 nitrogen and oxygen atoms in total. The predicted octanol–water partition coefficient (Wildman–Crippen LogP) is 4.59. The van der Waals surface area contributed by atoms with Crippen molar-refractivity contribution >= 4 is 34.1 Å². The molecule has 3 amide bonds. The summed E-state index contributed by atoms with van der Waals surface area (Å²) in [6.07, 6.45) is 0. The van der Waals surface area contributed by atoms with E-state index in [9.17, 15) is 9.59 Å². The van der Waals surface area contributed by atoms with Crippen molar-refractivity contribution in [2.24, 2.45) is 5.92 Å². The molecule has 3 aromatic rings. The minimum Gasteiger partial charge on any atom is -0.326 e. The van der Waals surface area contributed by atoms with Crippen LogP contribution in [0.25, 0.3) is 11.3 Å². The van der Waals surface area contributed by atoms with Crippen LogP contribution in [0.3, 0.4) is 0 Å². The van der Waals surface area contributed by atoms with Crippen molar-refractivity contribution in [3.63, 3.8) is 0 Å². The molecule has 0 saturated heterocycles. The number of carbonyl (C=O) groups excluding carboxylic acids is 2. The Labute approximate surface area is 168 Å². The highest BCUT2D eigenvalue weighted by Gasteiger charge is 2.25. The average Bonchev–Trinajstić information content (AvgIpc) is 3.16. The molecule has 0 bridgehead atoms. The summed E-state index contributed by atoms with van der Waals surface area (Å²) in [6, 6.07) is 17.7. The molecule has 3 rings (SSSR count). The Bertz CT molecular complexity index is 926. The maximum atomic E-state index is 12.7. The first-order chi connectivity index (χ1) is 13.5. The second kappa shape index (κ2) is 9.14. The van der Waals surface area contributed by atoms with E-state index >= 15 is 0 Å². The van der Waals surface area contributed by atoms with Crippen molar-refractivity contribution in [3.8, 4) is 11.3 Å². The number of hydrogen-bond donors (Lipinski definition) is 3. The van der Waals surface area contributed by atoms with Gasteiger partial charge in [0.15, 0.2) is 5.13 Å². The van der Waals surface area contributed by atoms with Crippen molar-refractivity contribution in [1.29, 1.82) is 0 Å². The molecule has 144 valence electrons. The van der Waals surface area contributed by atoms with Crippen molar-refractivity contribution in [2.75, 3.05) is 10.6 Å². The fraction of sp³-hybridized carbons (Fsp3) is 0.190. The molecule has 0 aliphatic rings. The first-order valence-electron chi connectivity index (χ1n) is 8.97. The van der Waals surface area contributed by atoms with Gasteiger partial charge in [-0.1, -0.05) is 62.4 Å². The zero-order valence-electron chi connectivity index (χ0n) is 15.7. The van der Waals surface area contributed by atoms with Gasteiger partial charge in [-0.2, -0.15) is 0 Å². The summed E-state index contributed by atoms with van der Waals surface area (Å²) in [4.78, 5) is 29.4. The first kappa shape index (κ1) is 19.6. The third-order valence-electron chi connectivity index (χ3n) is 4.07. The number of hydrogen-bond acceptors (Lipinski definition) is 4. The molecule has 1 atom stereocenters. The number of carbonyl (C=O) groups is 2. The minimum atomic E-state index is -0.687. The topological polar surface area (TPSA) is 83.1 Å². The highest BCUT2D eigenvalue weighted by molar-refractivity contribution is 7.14. The van der Waals surface area contributed by atoms with E-state index in [2.05, 4.69) is 20.9 Å². The summed E-state index contributed by atoms with van der Waals surface area (Å²) in [5.74, 6) is -0.387. The van der Waals surface area contributed by atoms with Crippen molar-refractivity contribution < 1.29 is 9.59 Å². The average molecular weight is 395 g/mol. The third-order valence-corrected chi connectivity index (χ3v) is 4.83. The Kier molecular flexibility index (Phi) is 6.39. The number of nitrogens with zero attached hydrogens (tertiary/aromatic N) is 1. The van der Waals surface area contributed by atoms with Crippen molar-refractivity contribution in [2.45, 2.75) is 19.9 Å². The van der Waals surface area contributed by atoms with Gasteiger partial charge in [0.25, 0.3) is 0 Å². The van der Waals surface area contributed by atoms with Crippen LogP contribution in [0.1, 0.15) is 13.8 Å². The van der Waals surface area contributed by atoms with Crippen LogP contribution >= 0.6 is 11.3 Å². The van der Waals surface area contributed by atoms with E-state index in [-0.39, 0.29) is 11.8 Å². The van der Waals surface area contributed by atoms with Gasteiger partial charge in [0.2, 0.25) is 5.91 Å². The summed E-state index contributed by atoms with van der Waals surface area (Å²) >= 11 is 1.35. The Morgan fingerprint density at radius 2 is 1.57 bits per heavy atom. The molecule has 0 aliphatic heterocycles. The lowest BCUT2D eigenvalue weighted by Gasteiger charge is -2.21. The maximum absolute atomic E-state index is 12.7. The first-order valence-corrected chi connectivity index (χ1v) is 9.85. The van der Waals surface area contributed by atoms with Gasteiger partial charge in [-0.15, -0.1) is 11.3 Å². The van der Waals surface area contributed by atoms with E-state index in [1.807, 2.05) is 67.8 Å². The summed E-state index contributed by atoms with van der Waals surface area (Å²) < 4.78 is 0. The number of amides is 3. The van der Waals surface area contributed by atoms with E-state index in [0.29, 0.717) is 10.8 Å². The van der Waals surface area contributed by atoms with Crippen LogP contribution in [-0.2, 0) is 4.79 Å². The summed E-state index contributed by atoms with van der Waals surface area (Å²) in [6.45, 7) is 3.76. The molecule has 7 heteroatoms. The monoisotopic (exact) mass is 394 g/mol. The van der Waals surface area contributed by atoms with Gasteiger partial charge in [0, 0.05) is 16.6 Å². The molecule has 0 radical (unpaired) electrons. The van der Waals surface area contributed by atoms with Crippen LogP contribution in [0.15, 0.2) is 66.0 Å². The standard InChI is InChI=1S/C21H22N4O2S/c1-14(2)18(24-20(27)22-16-11-7-4-8-12-16)19(26)25-21-23-17(13-28-21)15-9-5-3-6-10-15/h3-14,18H,1-2H3,(H2,22,24,27)(H,23,25,26). The molecule has 3 N–H and O–H groups in total. The molecule has 28 heavy (non-hydrogen) atoms. The molecule has 0 aliphatic carbocycles. The Balaban J connectivity index is 1.63. The molecular weight excluding hydrogens is 372 g/mol. The number of urea groups is 1. The van der Waals surface area contributed by atoms with E-state index in [1.165, 1.54) is 11.3 Å². The van der Waals surface area contributed by atoms with Crippen molar-refractivity contribution in [1.82, 2.24) is 10.3 Å². The quantitative estimate of drug-likeness (QED) is 0.572. The number of benzene rings is 2. The molecule has 0 fully saturated rings. The van der Waals surface area contributed by atoms with Gasteiger partial charge in [-0.05, 0) is 18.1 Å². The molecular formula is C21H22N4O2S. The van der Waals surface area contributed by atoms with Gasteiger partial charge in [-0.25, -0.2) is 9.78 Å². The Hall–Kier alpha value is -3.19. The van der Waals surface area contributed by atoms with Crippen LogP contribution in [-0.4, -0.2) is 23.0 Å². The van der Waals surface area contributed by atoms with Crippen LogP contribution in [0.2, 0.25) is 0 Å². The van der Waals surface area contributed by atoms with Crippen LogP contribution < -0.4 is 16.0 Å². The van der Waals surface area contributed by atoms with Crippen molar-refractivity contribution in [3.05, 3.63) is 66.0 Å². The lowest BCUT2D eigenvalue weighted by atomic mass is 10.0. The van der Waals surface area contributed by atoms with E-state index in [0.717, 1.165) is 11.3 Å². The number of thiazole rings is 1. The molecule has 0 saturated carbocycles. The summed E-state index contributed by atoms with van der Waals surface area (Å²) in [7, 11) is 0. The molecule has 1 aromatic heterocycles. The smallest absolute Gasteiger partial charge is 0.319 e. The summed E-state index contributed by atoms with van der Waals surface area (Å²) in [5.41, 5.74) is 2.45. The number of nitrogens with one attached hydrogen (secondary N) is 3. The van der Waals surface area contributed by atoms with E-state index in [1.54, 1.807) is 12.1 Å². The molecule has 2 aromatic carbocycles. The van der Waals surface area contributed by atoms with Gasteiger partial charge in [-0.3, -0.25) is 4.79 Å². The van der Waals surface area contributed by atoms with E-state index in [4.69, 9.17) is 0 Å². The van der Waals surface area contributed by atoms with Crippen LogP contribution in [0, 0.1) is 5.92 Å². The molecule has 1 heterocycles. The maximum Gasteiger partial charge on any atom is 0.319 e. The number of para-hydroxylation sites is 1. The van der Waals surface area contributed by atoms with Gasteiger partial charge in [0.05, 0.1) is 5.69 Å². The second-order valence-corrected chi connectivity index (χ2v) is 7.44. The largest absolute Gasteiger partial charge is 0.326 e. The zero-order valence-corrected chi connectivity index (χ0v) is 16.5. The van der Waals surface area contributed by atoms with Gasteiger partial charge < -0.3 is 16.0 Å². The number of rotatable bonds is 6. The predicted molar refractivity (Wildman–Crippen MR) is 113 cm³/mol. The Morgan fingerprint density at radius 3 is 2.21 bits per heavy atom. The zero-order chi connectivity index (χ0) is 19.9. The lowest BCUT2D eigenvalue weighted by Crippen LogP contribution is -2.48. The second-order valence-electron chi connectivity index (χ2n) is 6.58. The lowest BCUT2D eigenvalue weighted by molar-refractivity contribution is -0.118. The highest BCUT2D eigenvalue weighted by atomic mass is 32.1. The van der Waals surface area contributed by atoms with Crippen LogP contribution in [0.4, 0.5) is 15.6 Å². The van der Waals surface area contributed by atoms with Gasteiger partial charge in [0.1, 0.15) is 6.04 Å². The third kappa shape index (κ3) is 5.17. The number of aromatic nitrogens is 1. The fourth-order valence-electron chi connectivity index (χ4n) is 2.62. The fourth-order valence-corrected chi connectivity index (χ4v) is 3.34.